The maximum absolute atomic E-state index is 14.7. The number of hydrogen-bond donors (Lipinski definition) is 0. The van der Waals surface area contributed by atoms with E-state index in [1.807, 2.05) is 6.92 Å². The number of aryl methyl sites for hydroxylation is 1. The zero-order valence-corrected chi connectivity index (χ0v) is 19.5. The Bertz CT molecular complexity index is 757. The van der Waals surface area contributed by atoms with E-state index in [9.17, 15) is 22.0 Å². The van der Waals surface area contributed by atoms with Gasteiger partial charge in [0.05, 0.1) is 19.1 Å². The fourth-order valence-electron chi connectivity index (χ4n) is 4.88. The Labute approximate surface area is 193 Å². The van der Waals surface area contributed by atoms with Crippen LogP contribution in [0.1, 0.15) is 77.2 Å². The summed E-state index contributed by atoms with van der Waals surface area (Å²) in [6, 6.07) is 2.28. The molecular weight excluding hydrogens is 443 g/mol. The molecule has 0 radical (unpaired) electrons. The predicted molar refractivity (Wildman–Crippen MR) is 115 cm³/mol. The summed E-state index contributed by atoms with van der Waals surface area (Å²) >= 11 is 0. The van der Waals surface area contributed by atoms with Crippen LogP contribution in [0.5, 0.6) is 5.75 Å². The molecule has 1 aromatic rings. The van der Waals surface area contributed by atoms with Crippen LogP contribution in [-0.4, -0.2) is 31.3 Å². The summed E-state index contributed by atoms with van der Waals surface area (Å²) in [7, 11) is 0. The molecular formula is C25H35F5O3. The van der Waals surface area contributed by atoms with E-state index in [1.54, 1.807) is 0 Å². The van der Waals surface area contributed by atoms with Gasteiger partial charge in [-0.2, -0.15) is 13.2 Å². The van der Waals surface area contributed by atoms with Crippen molar-refractivity contribution >= 4 is 0 Å². The van der Waals surface area contributed by atoms with Crippen LogP contribution in [0, 0.1) is 23.5 Å². The van der Waals surface area contributed by atoms with Crippen LogP contribution in [-0.2, 0) is 15.9 Å². The molecule has 0 bridgehead atoms. The second-order valence-electron chi connectivity index (χ2n) is 9.51. The first-order chi connectivity index (χ1) is 15.7. The second kappa shape index (κ2) is 11.3. The van der Waals surface area contributed by atoms with Crippen molar-refractivity contribution in [3.63, 3.8) is 0 Å². The summed E-state index contributed by atoms with van der Waals surface area (Å²) in [5, 5.41) is 0. The van der Waals surface area contributed by atoms with Crippen LogP contribution in [0.15, 0.2) is 12.1 Å². The van der Waals surface area contributed by atoms with E-state index in [-0.39, 0.29) is 31.6 Å². The number of alkyl halides is 3. The van der Waals surface area contributed by atoms with Gasteiger partial charge in [0.2, 0.25) is 5.82 Å². The van der Waals surface area contributed by atoms with Gasteiger partial charge in [0.15, 0.2) is 23.5 Å². The summed E-state index contributed by atoms with van der Waals surface area (Å²) in [5.41, 5.74) is -1.52. The monoisotopic (exact) mass is 478 g/mol. The maximum Gasteiger partial charge on any atom is 0.400 e. The number of rotatable bonds is 10. The third-order valence-electron chi connectivity index (χ3n) is 6.80. The lowest BCUT2D eigenvalue weighted by Gasteiger charge is -2.34. The van der Waals surface area contributed by atoms with Crippen LogP contribution in [0.3, 0.4) is 0 Å². The van der Waals surface area contributed by atoms with Crippen molar-refractivity contribution in [3.05, 3.63) is 29.3 Å². The average molecular weight is 479 g/mol. The quantitative estimate of drug-likeness (QED) is 0.329. The largest absolute Gasteiger partial charge is 0.429 e. The highest BCUT2D eigenvalue weighted by Crippen LogP contribution is 2.42. The molecule has 1 aliphatic heterocycles. The zero-order chi connectivity index (χ0) is 24.1. The molecule has 0 aromatic heterocycles. The highest BCUT2D eigenvalue weighted by molar-refractivity contribution is 5.31. The van der Waals surface area contributed by atoms with Gasteiger partial charge >= 0.3 is 6.11 Å². The van der Waals surface area contributed by atoms with Crippen molar-refractivity contribution in [2.75, 3.05) is 13.2 Å². The molecule has 2 aliphatic rings. The number of halogens is 5. The van der Waals surface area contributed by atoms with E-state index in [1.165, 1.54) is 6.07 Å². The molecule has 3 nitrogen and oxygen atoms in total. The normalized spacial score (nSPS) is 28.6. The number of benzene rings is 1. The topological polar surface area (TPSA) is 27.7 Å². The van der Waals surface area contributed by atoms with Gasteiger partial charge in [-0.25, -0.2) is 8.78 Å². The highest BCUT2D eigenvalue weighted by Gasteiger charge is 2.44. The highest BCUT2D eigenvalue weighted by atomic mass is 19.3. The van der Waals surface area contributed by atoms with Gasteiger partial charge in [0.25, 0.3) is 0 Å². The molecule has 0 unspecified atom stereocenters. The summed E-state index contributed by atoms with van der Waals surface area (Å²) in [5.74, 6) is -4.01. The first-order valence-electron chi connectivity index (χ1n) is 12.1. The van der Waals surface area contributed by atoms with E-state index < -0.39 is 41.4 Å². The van der Waals surface area contributed by atoms with Crippen LogP contribution in [0.25, 0.3) is 0 Å². The van der Waals surface area contributed by atoms with Crippen molar-refractivity contribution in [1.82, 2.24) is 0 Å². The van der Waals surface area contributed by atoms with Crippen molar-refractivity contribution in [1.29, 1.82) is 0 Å². The van der Waals surface area contributed by atoms with E-state index in [2.05, 4.69) is 6.92 Å². The molecule has 8 heteroatoms. The molecule has 3 rings (SSSR count). The van der Waals surface area contributed by atoms with Gasteiger partial charge < -0.3 is 14.2 Å². The Hall–Kier alpha value is -1.41. The minimum Gasteiger partial charge on any atom is -0.429 e. The molecule has 33 heavy (non-hydrogen) atoms. The van der Waals surface area contributed by atoms with Gasteiger partial charge in [0, 0.05) is 6.42 Å². The molecule has 1 saturated heterocycles. The Morgan fingerprint density at radius 3 is 2.24 bits per heavy atom. The first kappa shape index (κ1) is 26.2. The van der Waals surface area contributed by atoms with Gasteiger partial charge in [-0.15, -0.1) is 0 Å². The lowest BCUT2D eigenvalue weighted by molar-refractivity contribution is -0.236. The Kier molecular flexibility index (Phi) is 9.01. The van der Waals surface area contributed by atoms with Crippen LogP contribution in [0.2, 0.25) is 0 Å². The molecule has 2 fully saturated rings. The molecule has 1 aliphatic carbocycles. The molecule has 1 aromatic carbocycles. The second-order valence-corrected chi connectivity index (χ2v) is 9.51. The summed E-state index contributed by atoms with van der Waals surface area (Å²) in [4.78, 5) is 0. The fraction of sp³-hybridized carbons (Fsp3) is 0.760. The third-order valence-corrected chi connectivity index (χ3v) is 6.80. The van der Waals surface area contributed by atoms with Crippen LogP contribution >= 0.6 is 0 Å². The summed E-state index contributed by atoms with van der Waals surface area (Å²) < 4.78 is 88.2. The minimum atomic E-state index is -3.56. The predicted octanol–water partition coefficient (Wildman–Crippen LogP) is 7.36. The van der Waals surface area contributed by atoms with Crippen molar-refractivity contribution in [3.8, 4) is 5.75 Å². The molecule has 0 atom stereocenters. The maximum atomic E-state index is 14.7. The van der Waals surface area contributed by atoms with Gasteiger partial charge in [0.1, 0.15) is 0 Å². The SMILES string of the molecule is CCCC1CCC(C(F)(F)Oc2ccc(CCC3OCC(F)(CCC)CO3)c(F)c2F)CC1. The molecule has 0 spiro atoms. The van der Waals surface area contributed by atoms with Crippen molar-refractivity contribution in [2.45, 2.75) is 96.1 Å². The molecule has 1 heterocycles. The fourth-order valence-corrected chi connectivity index (χ4v) is 4.88. The Morgan fingerprint density at radius 1 is 0.970 bits per heavy atom. The van der Waals surface area contributed by atoms with E-state index in [0.717, 1.165) is 18.9 Å². The molecule has 1 saturated carbocycles. The van der Waals surface area contributed by atoms with Gasteiger partial charge in [-0.1, -0.05) is 39.2 Å². The Morgan fingerprint density at radius 2 is 1.64 bits per heavy atom. The van der Waals surface area contributed by atoms with Gasteiger partial charge in [-0.3, -0.25) is 0 Å². The van der Waals surface area contributed by atoms with Gasteiger partial charge in [-0.05, 0) is 56.1 Å². The number of hydrogen-bond acceptors (Lipinski definition) is 3. The molecule has 0 N–H and O–H groups in total. The molecule has 188 valence electrons. The first-order valence-corrected chi connectivity index (χ1v) is 12.1. The number of ether oxygens (including phenoxy) is 3. The third kappa shape index (κ3) is 6.81. The lowest BCUT2D eigenvalue weighted by atomic mass is 9.79. The van der Waals surface area contributed by atoms with E-state index >= 15 is 0 Å². The Balaban J connectivity index is 1.54. The standard InChI is InChI=1S/C25H35F5O3/c1-3-5-17-6-10-19(11-7-17)25(29,30)33-20-12-8-18(22(26)23(20)27)9-13-21-31-15-24(28,14-4-2)16-32-21/h8,12,17,19,21H,3-7,9-11,13-16H2,1-2H3. The summed E-state index contributed by atoms with van der Waals surface area (Å²) in [6.07, 6.45) is 0.981. The minimum absolute atomic E-state index is 0.00100. The molecule has 0 amide bonds. The summed E-state index contributed by atoms with van der Waals surface area (Å²) in [6.45, 7) is 3.73. The van der Waals surface area contributed by atoms with Crippen LogP contribution in [0.4, 0.5) is 22.0 Å². The van der Waals surface area contributed by atoms with Crippen LogP contribution < -0.4 is 4.74 Å². The smallest absolute Gasteiger partial charge is 0.400 e. The van der Waals surface area contributed by atoms with E-state index in [0.29, 0.717) is 44.4 Å². The zero-order valence-electron chi connectivity index (χ0n) is 19.5. The average Bonchev–Trinajstić information content (AvgIpc) is 2.78. The van der Waals surface area contributed by atoms with Crippen molar-refractivity contribution in [2.24, 2.45) is 11.8 Å². The van der Waals surface area contributed by atoms with Crippen molar-refractivity contribution < 1.29 is 36.2 Å². The lowest BCUT2D eigenvalue weighted by Crippen LogP contribution is -2.44. The van der Waals surface area contributed by atoms with E-state index in [4.69, 9.17) is 14.2 Å².